The second-order valence-corrected chi connectivity index (χ2v) is 6.43. The highest BCUT2D eigenvalue weighted by Crippen LogP contribution is 2.22. The Balaban J connectivity index is 1.78. The lowest BCUT2D eigenvalue weighted by molar-refractivity contribution is 0.0520. The number of carbonyl (C=O) groups is 1. The lowest BCUT2D eigenvalue weighted by atomic mass is 10.1. The van der Waals surface area contributed by atoms with Gasteiger partial charge in [0.2, 0.25) is 0 Å². The van der Waals surface area contributed by atoms with E-state index in [9.17, 15) is 4.79 Å². The number of hydrogen-bond acceptors (Lipinski definition) is 5. The van der Waals surface area contributed by atoms with Gasteiger partial charge in [-0.2, -0.15) is 0 Å². The third-order valence-electron chi connectivity index (χ3n) is 3.31. The molecule has 1 aliphatic heterocycles. The average molecular weight is 292 g/mol. The number of pyridine rings is 1. The molecule has 1 saturated heterocycles. The van der Waals surface area contributed by atoms with E-state index in [2.05, 4.69) is 15.2 Å². The molecule has 1 unspecified atom stereocenters. The summed E-state index contributed by atoms with van der Waals surface area (Å²) in [4.78, 5) is 18.2. The minimum absolute atomic E-state index is 0.355. The molecule has 6 heteroatoms. The molecule has 2 heterocycles. The molecule has 0 radical (unpaired) electrons. The quantitative estimate of drug-likeness (QED) is 0.891. The van der Waals surface area contributed by atoms with E-state index in [1.165, 1.54) is 0 Å². The predicted molar refractivity (Wildman–Crippen MR) is 83.2 cm³/mol. The fourth-order valence-electron chi connectivity index (χ4n) is 2.33. The number of nitrogen functional groups attached to an aromatic ring is 1. The van der Waals surface area contributed by atoms with E-state index in [4.69, 9.17) is 10.5 Å². The number of rotatable bonds is 3. The predicted octanol–water partition coefficient (Wildman–Crippen LogP) is 2.01. The monoisotopic (exact) mass is 292 g/mol. The molecule has 1 aromatic rings. The summed E-state index contributed by atoms with van der Waals surface area (Å²) in [5, 5.41) is 2.83. The number of nitrogens with zero attached hydrogens (tertiary/aromatic N) is 2. The molecule has 3 N–H and O–H groups in total. The maximum Gasteiger partial charge on any atom is 0.407 e. The minimum atomic E-state index is -0.459. The van der Waals surface area contributed by atoms with Crippen LogP contribution in [-0.4, -0.2) is 36.3 Å². The van der Waals surface area contributed by atoms with Crippen molar-refractivity contribution < 1.29 is 9.53 Å². The van der Waals surface area contributed by atoms with Crippen LogP contribution >= 0.6 is 0 Å². The van der Waals surface area contributed by atoms with Crippen molar-refractivity contribution in [3.05, 3.63) is 18.3 Å². The van der Waals surface area contributed by atoms with Gasteiger partial charge in [0.1, 0.15) is 11.4 Å². The van der Waals surface area contributed by atoms with Gasteiger partial charge in [-0.25, -0.2) is 9.78 Å². The number of anilines is 2. The second kappa shape index (κ2) is 6.20. The summed E-state index contributed by atoms with van der Waals surface area (Å²) in [5.74, 6) is 1.35. The van der Waals surface area contributed by atoms with Gasteiger partial charge in [-0.1, -0.05) is 0 Å². The fourth-order valence-corrected chi connectivity index (χ4v) is 2.33. The van der Waals surface area contributed by atoms with Gasteiger partial charge in [-0.15, -0.1) is 0 Å². The van der Waals surface area contributed by atoms with Crippen LogP contribution < -0.4 is 16.0 Å². The third kappa shape index (κ3) is 4.81. The SMILES string of the molecule is CC(C)(C)OC(=O)NCC1CCN(c2ccc(N)cn2)C1. The smallest absolute Gasteiger partial charge is 0.407 e. The van der Waals surface area contributed by atoms with Crippen molar-refractivity contribution in [2.45, 2.75) is 32.8 Å². The van der Waals surface area contributed by atoms with Gasteiger partial charge >= 0.3 is 6.09 Å². The van der Waals surface area contributed by atoms with Crippen molar-refractivity contribution in [2.75, 3.05) is 30.3 Å². The molecule has 1 aromatic heterocycles. The van der Waals surface area contributed by atoms with Crippen LogP contribution in [0.5, 0.6) is 0 Å². The number of carbonyl (C=O) groups excluding carboxylic acids is 1. The van der Waals surface area contributed by atoms with E-state index in [-0.39, 0.29) is 6.09 Å². The van der Waals surface area contributed by atoms with Gasteiger partial charge in [-0.05, 0) is 45.2 Å². The Bertz CT molecular complexity index is 481. The number of alkyl carbamates (subject to hydrolysis) is 1. The molecule has 21 heavy (non-hydrogen) atoms. The largest absolute Gasteiger partial charge is 0.444 e. The first-order valence-corrected chi connectivity index (χ1v) is 7.27. The summed E-state index contributed by atoms with van der Waals surface area (Å²) in [6, 6.07) is 3.79. The molecular weight excluding hydrogens is 268 g/mol. The zero-order valence-corrected chi connectivity index (χ0v) is 12.9. The number of amides is 1. The van der Waals surface area contributed by atoms with Crippen molar-refractivity contribution >= 4 is 17.6 Å². The lowest BCUT2D eigenvalue weighted by Gasteiger charge is -2.21. The molecule has 0 bridgehead atoms. The van der Waals surface area contributed by atoms with E-state index < -0.39 is 5.60 Å². The molecule has 1 fully saturated rings. The van der Waals surface area contributed by atoms with Gasteiger partial charge < -0.3 is 20.7 Å². The van der Waals surface area contributed by atoms with E-state index in [1.807, 2.05) is 32.9 Å². The van der Waals surface area contributed by atoms with Crippen molar-refractivity contribution in [3.8, 4) is 0 Å². The zero-order chi connectivity index (χ0) is 15.5. The summed E-state index contributed by atoms with van der Waals surface area (Å²) < 4.78 is 5.23. The van der Waals surface area contributed by atoms with Crippen LogP contribution in [0.25, 0.3) is 0 Å². The Morgan fingerprint density at radius 2 is 2.29 bits per heavy atom. The fraction of sp³-hybridized carbons (Fsp3) is 0.600. The molecule has 0 aliphatic carbocycles. The average Bonchev–Trinajstić information content (AvgIpc) is 2.84. The molecule has 1 amide bonds. The van der Waals surface area contributed by atoms with E-state index >= 15 is 0 Å². The second-order valence-electron chi connectivity index (χ2n) is 6.43. The Morgan fingerprint density at radius 3 is 2.90 bits per heavy atom. The Kier molecular flexibility index (Phi) is 4.55. The molecule has 0 spiro atoms. The summed E-state index contributed by atoms with van der Waals surface area (Å²) >= 11 is 0. The van der Waals surface area contributed by atoms with Crippen molar-refractivity contribution in [1.29, 1.82) is 0 Å². The molecule has 116 valence electrons. The highest BCUT2D eigenvalue weighted by molar-refractivity contribution is 5.67. The number of hydrogen-bond donors (Lipinski definition) is 2. The van der Waals surface area contributed by atoms with E-state index in [0.717, 1.165) is 25.3 Å². The molecular formula is C15H24N4O2. The third-order valence-corrected chi connectivity index (χ3v) is 3.31. The minimum Gasteiger partial charge on any atom is -0.444 e. The molecule has 1 atom stereocenters. The Hall–Kier alpha value is -1.98. The Morgan fingerprint density at radius 1 is 1.52 bits per heavy atom. The lowest BCUT2D eigenvalue weighted by Crippen LogP contribution is -2.36. The maximum atomic E-state index is 11.6. The number of aromatic nitrogens is 1. The first-order chi connectivity index (χ1) is 9.83. The van der Waals surface area contributed by atoms with Crippen LogP contribution in [0.15, 0.2) is 18.3 Å². The van der Waals surface area contributed by atoms with Gasteiger partial charge in [0.05, 0.1) is 11.9 Å². The number of nitrogens with one attached hydrogen (secondary N) is 1. The standard InChI is InChI=1S/C15H24N4O2/c1-15(2,3)21-14(20)18-8-11-6-7-19(10-11)13-5-4-12(16)9-17-13/h4-5,9,11H,6-8,10,16H2,1-3H3,(H,18,20). The summed E-state index contributed by atoms with van der Waals surface area (Å²) in [6.07, 6.45) is 2.34. The van der Waals surface area contributed by atoms with Crippen molar-refractivity contribution in [2.24, 2.45) is 5.92 Å². The zero-order valence-electron chi connectivity index (χ0n) is 12.9. The van der Waals surface area contributed by atoms with E-state index in [1.54, 1.807) is 6.20 Å². The first kappa shape index (κ1) is 15.4. The highest BCUT2D eigenvalue weighted by atomic mass is 16.6. The van der Waals surface area contributed by atoms with Gasteiger partial charge in [0, 0.05) is 19.6 Å². The van der Waals surface area contributed by atoms with Gasteiger partial charge in [0.15, 0.2) is 0 Å². The van der Waals surface area contributed by atoms with Crippen molar-refractivity contribution in [1.82, 2.24) is 10.3 Å². The normalized spacial score (nSPS) is 18.6. The molecule has 2 rings (SSSR count). The van der Waals surface area contributed by atoms with Crippen LogP contribution in [0.4, 0.5) is 16.3 Å². The van der Waals surface area contributed by atoms with Crippen LogP contribution in [0.2, 0.25) is 0 Å². The molecule has 0 saturated carbocycles. The highest BCUT2D eigenvalue weighted by Gasteiger charge is 2.24. The van der Waals surface area contributed by atoms with Gasteiger partial charge in [-0.3, -0.25) is 0 Å². The van der Waals surface area contributed by atoms with E-state index in [0.29, 0.717) is 18.2 Å². The summed E-state index contributed by atoms with van der Waals surface area (Å²) in [6.45, 7) is 8.02. The molecule has 1 aliphatic rings. The van der Waals surface area contributed by atoms with Gasteiger partial charge in [0.25, 0.3) is 0 Å². The topological polar surface area (TPSA) is 80.5 Å². The number of ether oxygens (including phenoxy) is 1. The van der Waals surface area contributed by atoms with Crippen LogP contribution in [0.3, 0.4) is 0 Å². The first-order valence-electron chi connectivity index (χ1n) is 7.27. The molecule has 6 nitrogen and oxygen atoms in total. The van der Waals surface area contributed by atoms with Crippen LogP contribution in [0.1, 0.15) is 27.2 Å². The molecule has 0 aromatic carbocycles. The van der Waals surface area contributed by atoms with Crippen LogP contribution in [0, 0.1) is 5.92 Å². The summed E-state index contributed by atoms with van der Waals surface area (Å²) in [7, 11) is 0. The maximum absolute atomic E-state index is 11.6. The van der Waals surface area contributed by atoms with Crippen LogP contribution in [-0.2, 0) is 4.74 Å². The Labute approximate surface area is 125 Å². The van der Waals surface area contributed by atoms with Crippen molar-refractivity contribution in [3.63, 3.8) is 0 Å². The number of nitrogens with two attached hydrogens (primary N) is 1. The summed E-state index contributed by atoms with van der Waals surface area (Å²) in [5.41, 5.74) is 5.85.